The number of carbonyl (C=O) groups is 1. The molecule has 1 N–H and O–H groups in total. The topological polar surface area (TPSA) is 41.6 Å². The zero-order valence-corrected chi connectivity index (χ0v) is 11.5. The Morgan fingerprint density at radius 1 is 1.28 bits per heavy atom. The molecule has 1 unspecified atom stereocenters. The summed E-state index contributed by atoms with van der Waals surface area (Å²) in [5.74, 6) is 0.771. The third-order valence-corrected chi connectivity index (χ3v) is 4.26. The number of hydrogen-bond donors (Lipinski definition) is 1. The van der Waals surface area contributed by atoms with Crippen molar-refractivity contribution in [3.8, 4) is 0 Å². The first-order valence-electron chi connectivity index (χ1n) is 7.30. The lowest BCUT2D eigenvalue weighted by atomic mass is 10.0. The van der Waals surface area contributed by atoms with E-state index >= 15 is 0 Å². The highest BCUT2D eigenvalue weighted by molar-refractivity contribution is 5.71. The molecule has 2 rings (SSSR count). The Labute approximate surface area is 110 Å². The molecule has 2 fully saturated rings. The average molecular weight is 254 g/mol. The quantitative estimate of drug-likeness (QED) is 0.753. The van der Waals surface area contributed by atoms with Crippen molar-refractivity contribution >= 4 is 5.97 Å². The van der Waals surface area contributed by atoms with Gasteiger partial charge in [-0.2, -0.15) is 0 Å². The number of rotatable bonds is 5. The summed E-state index contributed by atoms with van der Waals surface area (Å²) in [7, 11) is 1.46. The first kappa shape index (κ1) is 13.8. The van der Waals surface area contributed by atoms with E-state index in [1.165, 1.54) is 45.6 Å². The van der Waals surface area contributed by atoms with E-state index in [-0.39, 0.29) is 5.97 Å². The maximum atomic E-state index is 11.3. The summed E-state index contributed by atoms with van der Waals surface area (Å²) in [6.45, 7) is 3.62. The van der Waals surface area contributed by atoms with Gasteiger partial charge in [-0.05, 0) is 44.7 Å². The van der Waals surface area contributed by atoms with E-state index < -0.39 is 0 Å². The van der Waals surface area contributed by atoms with Crippen LogP contribution < -0.4 is 5.32 Å². The third-order valence-electron chi connectivity index (χ3n) is 4.26. The van der Waals surface area contributed by atoms with Crippen LogP contribution in [0.5, 0.6) is 0 Å². The predicted octanol–water partition coefficient (Wildman–Crippen LogP) is 1.40. The molecule has 1 heterocycles. The van der Waals surface area contributed by atoms with Crippen LogP contribution in [0, 0.1) is 5.92 Å². The van der Waals surface area contributed by atoms with Crippen LogP contribution in [0.15, 0.2) is 0 Å². The van der Waals surface area contributed by atoms with Gasteiger partial charge >= 0.3 is 5.97 Å². The molecule has 0 radical (unpaired) electrons. The highest BCUT2D eigenvalue weighted by Gasteiger charge is 2.23. The van der Waals surface area contributed by atoms with Gasteiger partial charge in [0.15, 0.2) is 0 Å². The normalized spacial score (nSPS) is 26.4. The van der Waals surface area contributed by atoms with Crippen molar-refractivity contribution in [3.05, 3.63) is 0 Å². The molecule has 1 atom stereocenters. The van der Waals surface area contributed by atoms with Gasteiger partial charge in [-0.25, -0.2) is 0 Å². The molecule has 1 aliphatic carbocycles. The van der Waals surface area contributed by atoms with E-state index in [1.807, 2.05) is 0 Å². The van der Waals surface area contributed by atoms with Crippen molar-refractivity contribution in [2.45, 2.75) is 44.6 Å². The summed E-state index contributed by atoms with van der Waals surface area (Å²) >= 11 is 0. The molecule has 4 nitrogen and oxygen atoms in total. The smallest absolute Gasteiger partial charge is 0.319 e. The van der Waals surface area contributed by atoms with Crippen molar-refractivity contribution in [1.82, 2.24) is 10.2 Å². The number of nitrogens with zero attached hydrogens (tertiary/aromatic N) is 1. The van der Waals surface area contributed by atoms with E-state index in [1.54, 1.807) is 0 Å². The Bertz CT molecular complexity index is 265. The average Bonchev–Trinajstić information content (AvgIpc) is 2.90. The molecule has 1 aliphatic heterocycles. The summed E-state index contributed by atoms with van der Waals surface area (Å²) < 4.78 is 4.73. The van der Waals surface area contributed by atoms with Gasteiger partial charge in [0.2, 0.25) is 0 Å². The lowest BCUT2D eigenvalue weighted by Crippen LogP contribution is -2.48. The minimum absolute atomic E-state index is 0.119. The van der Waals surface area contributed by atoms with Crippen LogP contribution in [0.3, 0.4) is 0 Å². The molecular formula is C14H26N2O2. The molecule has 0 amide bonds. The molecule has 104 valence electrons. The van der Waals surface area contributed by atoms with Crippen molar-refractivity contribution in [2.75, 3.05) is 33.3 Å². The number of likely N-dealkylation sites (tertiary alicyclic amines) is 1. The van der Waals surface area contributed by atoms with Crippen LogP contribution in [0.2, 0.25) is 0 Å². The van der Waals surface area contributed by atoms with Crippen LogP contribution >= 0.6 is 0 Å². The van der Waals surface area contributed by atoms with E-state index in [4.69, 9.17) is 4.74 Å². The van der Waals surface area contributed by atoms with Crippen molar-refractivity contribution in [2.24, 2.45) is 5.92 Å². The van der Waals surface area contributed by atoms with Crippen molar-refractivity contribution < 1.29 is 9.53 Å². The Balaban J connectivity index is 1.67. The molecule has 1 saturated carbocycles. The lowest BCUT2D eigenvalue weighted by molar-refractivity contribution is -0.142. The molecule has 18 heavy (non-hydrogen) atoms. The van der Waals surface area contributed by atoms with Gasteiger partial charge in [-0.1, -0.05) is 12.8 Å². The maximum Gasteiger partial charge on any atom is 0.319 e. The fourth-order valence-corrected chi connectivity index (χ4v) is 3.16. The molecular weight excluding hydrogens is 228 g/mol. The van der Waals surface area contributed by atoms with Gasteiger partial charge in [0.1, 0.15) is 0 Å². The molecule has 2 aliphatic rings. The Morgan fingerprint density at radius 2 is 2.06 bits per heavy atom. The van der Waals surface area contributed by atoms with E-state index in [9.17, 15) is 4.79 Å². The molecule has 0 aromatic rings. The lowest BCUT2D eigenvalue weighted by Gasteiger charge is -2.33. The molecule has 4 heteroatoms. The Kier molecular flexibility index (Phi) is 5.45. The fraction of sp³-hybridized carbons (Fsp3) is 0.929. The highest BCUT2D eigenvalue weighted by atomic mass is 16.5. The van der Waals surface area contributed by atoms with Gasteiger partial charge in [-0.3, -0.25) is 9.69 Å². The van der Waals surface area contributed by atoms with Crippen LogP contribution in [-0.4, -0.2) is 50.2 Å². The van der Waals surface area contributed by atoms with Crippen molar-refractivity contribution in [1.29, 1.82) is 0 Å². The summed E-state index contributed by atoms with van der Waals surface area (Å²) in [6, 6.07) is 0.559. The summed E-state index contributed by atoms with van der Waals surface area (Å²) in [6.07, 6.45) is 8.03. The van der Waals surface area contributed by atoms with Gasteiger partial charge in [-0.15, -0.1) is 0 Å². The minimum Gasteiger partial charge on any atom is -0.468 e. The number of carbonyl (C=O) groups excluding carboxylic acids is 1. The van der Waals surface area contributed by atoms with E-state index in [0.29, 0.717) is 12.6 Å². The standard InChI is InChI=1S/C14H26N2O2/c1-18-14(17)11-16-8-4-7-13(10-16)15-9-12-5-2-3-6-12/h12-13,15H,2-11H2,1H3. The third kappa shape index (κ3) is 4.25. The first-order chi connectivity index (χ1) is 8.78. The number of piperidine rings is 1. The number of esters is 1. The van der Waals surface area contributed by atoms with Gasteiger partial charge in [0.05, 0.1) is 13.7 Å². The summed E-state index contributed by atoms with van der Waals surface area (Å²) in [5, 5.41) is 3.69. The van der Waals surface area contributed by atoms with Crippen molar-refractivity contribution in [3.63, 3.8) is 0 Å². The summed E-state index contributed by atoms with van der Waals surface area (Å²) in [5.41, 5.74) is 0. The largest absolute Gasteiger partial charge is 0.468 e. The van der Waals surface area contributed by atoms with Crippen LogP contribution in [0.4, 0.5) is 0 Å². The maximum absolute atomic E-state index is 11.3. The minimum atomic E-state index is -0.119. The zero-order valence-electron chi connectivity index (χ0n) is 11.5. The number of ether oxygens (including phenoxy) is 1. The molecule has 0 aromatic heterocycles. The highest BCUT2D eigenvalue weighted by Crippen LogP contribution is 2.24. The van der Waals surface area contributed by atoms with E-state index in [0.717, 1.165) is 25.6 Å². The number of methoxy groups -OCH3 is 1. The Morgan fingerprint density at radius 3 is 2.78 bits per heavy atom. The SMILES string of the molecule is COC(=O)CN1CCCC(NCC2CCCC2)C1. The zero-order chi connectivity index (χ0) is 12.8. The number of nitrogens with one attached hydrogen (secondary N) is 1. The van der Waals surface area contributed by atoms with Crippen LogP contribution in [-0.2, 0) is 9.53 Å². The molecule has 0 aromatic carbocycles. The second-order valence-corrected chi connectivity index (χ2v) is 5.71. The van der Waals surface area contributed by atoms with Gasteiger partial charge in [0, 0.05) is 12.6 Å². The monoisotopic (exact) mass is 254 g/mol. The fourth-order valence-electron chi connectivity index (χ4n) is 3.16. The predicted molar refractivity (Wildman–Crippen MR) is 71.4 cm³/mol. The van der Waals surface area contributed by atoms with Crippen LogP contribution in [0.25, 0.3) is 0 Å². The Hall–Kier alpha value is -0.610. The van der Waals surface area contributed by atoms with Gasteiger partial charge < -0.3 is 10.1 Å². The molecule has 0 bridgehead atoms. The van der Waals surface area contributed by atoms with E-state index in [2.05, 4.69) is 10.2 Å². The second kappa shape index (κ2) is 7.10. The first-order valence-corrected chi connectivity index (χ1v) is 7.30. The summed E-state index contributed by atoms with van der Waals surface area (Å²) in [4.78, 5) is 13.5. The molecule has 1 saturated heterocycles. The molecule has 0 spiro atoms. The number of hydrogen-bond acceptors (Lipinski definition) is 4. The second-order valence-electron chi connectivity index (χ2n) is 5.71. The van der Waals surface area contributed by atoms with Crippen LogP contribution in [0.1, 0.15) is 38.5 Å². The van der Waals surface area contributed by atoms with Gasteiger partial charge in [0.25, 0.3) is 0 Å².